The summed E-state index contributed by atoms with van der Waals surface area (Å²) in [4.78, 5) is 17.8. The smallest absolute Gasteiger partial charge is 0.230 e. The lowest BCUT2D eigenvalue weighted by Gasteiger charge is -2.02. The summed E-state index contributed by atoms with van der Waals surface area (Å²) in [7, 11) is 0. The molecule has 0 saturated heterocycles. The largest absolute Gasteiger partial charge is 0.316 e. The molecule has 0 bridgehead atoms. The van der Waals surface area contributed by atoms with Crippen LogP contribution in [0.15, 0.2) is 30.3 Å². The van der Waals surface area contributed by atoms with Gasteiger partial charge in [0, 0.05) is 24.4 Å². The lowest BCUT2D eigenvalue weighted by Crippen LogP contribution is -2.17. The molecule has 112 valence electrons. The Hall–Kier alpha value is -1.43. The number of benzene rings is 1. The first-order chi connectivity index (χ1) is 9.81. The molecule has 1 amide bonds. The van der Waals surface area contributed by atoms with Gasteiger partial charge in [0.2, 0.25) is 5.91 Å². The quantitative estimate of drug-likeness (QED) is 0.912. The van der Waals surface area contributed by atoms with Crippen molar-refractivity contribution in [3.8, 4) is 0 Å². The second kappa shape index (κ2) is 7.54. The SMILES string of the molecule is Cl.O=C(Cc1ccccc1)Nc1nc2c(s1)CCNCC2. The molecular weight excluding hydrogens is 306 g/mol. The highest BCUT2D eigenvalue weighted by Gasteiger charge is 2.15. The van der Waals surface area contributed by atoms with Crippen molar-refractivity contribution in [2.24, 2.45) is 0 Å². The number of halogens is 1. The second-order valence-electron chi connectivity index (χ2n) is 4.85. The van der Waals surface area contributed by atoms with Crippen molar-refractivity contribution in [2.75, 3.05) is 18.4 Å². The van der Waals surface area contributed by atoms with Crippen molar-refractivity contribution in [1.29, 1.82) is 0 Å². The van der Waals surface area contributed by atoms with E-state index in [4.69, 9.17) is 0 Å². The van der Waals surface area contributed by atoms with E-state index in [9.17, 15) is 4.79 Å². The van der Waals surface area contributed by atoms with Crippen LogP contribution in [-0.2, 0) is 24.1 Å². The van der Waals surface area contributed by atoms with Gasteiger partial charge in [-0.3, -0.25) is 4.79 Å². The van der Waals surface area contributed by atoms with Crippen LogP contribution in [0.25, 0.3) is 0 Å². The minimum absolute atomic E-state index is 0. The molecule has 1 aromatic heterocycles. The number of nitrogens with one attached hydrogen (secondary N) is 2. The molecule has 2 heterocycles. The van der Waals surface area contributed by atoms with Crippen LogP contribution in [0.2, 0.25) is 0 Å². The van der Waals surface area contributed by atoms with Crippen LogP contribution in [0.4, 0.5) is 5.13 Å². The molecule has 2 aromatic rings. The number of nitrogens with zero attached hydrogens (tertiary/aromatic N) is 1. The molecule has 0 unspecified atom stereocenters. The third-order valence-electron chi connectivity index (χ3n) is 3.30. The molecule has 0 saturated carbocycles. The molecule has 1 aromatic carbocycles. The fraction of sp³-hybridized carbons (Fsp3) is 0.333. The van der Waals surface area contributed by atoms with E-state index in [1.807, 2.05) is 30.3 Å². The maximum Gasteiger partial charge on any atom is 0.230 e. The molecule has 0 aliphatic carbocycles. The topological polar surface area (TPSA) is 54.0 Å². The van der Waals surface area contributed by atoms with Crippen LogP contribution in [0.5, 0.6) is 0 Å². The Balaban J connectivity index is 0.00000161. The Labute approximate surface area is 134 Å². The van der Waals surface area contributed by atoms with E-state index < -0.39 is 0 Å². The predicted molar refractivity (Wildman–Crippen MR) is 88.4 cm³/mol. The monoisotopic (exact) mass is 323 g/mol. The van der Waals surface area contributed by atoms with Gasteiger partial charge in [-0.15, -0.1) is 23.7 Å². The molecule has 1 aliphatic rings. The van der Waals surface area contributed by atoms with Crippen molar-refractivity contribution in [3.05, 3.63) is 46.5 Å². The molecular formula is C15H18ClN3OS. The number of aromatic nitrogens is 1. The fourth-order valence-corrected chi connectivity index (χ4v) is 3.33. The van der Waals surface area contributed by atoms with E-state index in [1.54, 1.807) is 11.3 Å². The average Bonchev–Trinajstić information content (AvgIpc) is 2.68. The van der Waals surface area contributed by atoms with Crippen LogP contribution < -0.4 is 10.6 Å². The molecule has 0 fully saturated rings. The number of amides is 1. The van der Waals surface area contributed by atoms with E-state index >= 15 is 0 Å². The minimum Gasteiger partial charge on any atom is -0.316 e. The van der Waals surface area contributed by atoms with Crippen LogP contribution in [0.3, 0.4) is 0 Å². The normalized spacial score (nSPS) is 13.7. The molecule has 0 radical (unpaired) electrons. The number of hydrogen-bond acceptors (Lipinski definition) is 4. The number of carbonyl (C=O) groups is 1. The Morgan fingerprint density at radius 1 is 1.24 bits per heavy atom. The van der Waals surface area contributed by atoms with Gasteiger partial charge in [0.1, 0.15) is 0 Å². The Bertz CT molecular complexity index is 577. The van der Waals surface area contributed by atoms with E-state index in [-0.39, 0.29) is 18.3 Å². The standard InChI is InChI=1S/C15H17N3OS.ClH/c19-14(10-11-4-2-1-3-5-11)18-15-17-12-6-8-16-9-7-13(12)20-15;/h1-5,16H,6-10H2,(H,17,18,19);1H. The van der Waals surface area contributed by atoms with Gasteiger partial charge >= 0.3 is 0 Å². The molecule has 4 nitrogen and oxygen atoms in total. The van der Waals surface area contributed by atoms with Crippen LogP contribution in [-0.4, -0.2) is 24.0 Å². The average molecular weight is 324 g/mol. The summed E-state index contributed by atoms with van der Waals surface area (Å²) in [6, 6.07) is 9.76. The summed E-state index contributed by atoms with van der Waals surface area (Å²) >= 11 is 1.60. The lowest BCUT2D eigenvalue weighted by molar-refractivity contribution is -0.115. The number of thiazole rings is 1. The highest BCUT2D eigenvalue weighted by molar-refractivity contribution is 7.15. The Kier molecular flexibility index (Phi) is 5.73. The van der Waals surface area contributed by atoms with Gasteiger partial charge in [-0.2, -0.15) is 0 Å². The van der Waals surface area contributed by atoms with Crippen molar-refractivity contribution in [3.63, 3.8) is 0 Å². The summed E-state index contributed by atoms with van der Waals surface area (Å²) in [5.74, 6) is -0.00163. The van der Waals surface area contributed by atoms with Gasteiger partial charge in [0.25, 0.3) is 0 Å². The zero-order chi connectivity index (χ0) is 13.8. The highest BCUT2D eigenvalue weighted by Crippen LogP contribution is 2.25. The van der Waals surface area contributed by atoms with E-state index in [0.29, 0.717) is 6.42 Å². The summed E-state index contributed by atoms with van der Waals surface area (Å²) < 4.78 is 0. The summed E-state index contributed by atoms with van der Waals surface area (Å²) in [6.45, 7) is 1.96. The minimum atomic E-state index is -0.00163. The van der Waals surface area contributed by atoms with Gasteiger partial charge in [-0.05, 0) is 12.0 Å². The van der Waals surface area contributed by atoms with Gasteiger partial charge < -0.3 is 10.6 Å². The van der Waals surface area contributed by atoms with E-state index in [1.165, 1.54) is 4.88 Å². The van der Waals surface area contributed by atoms with Crippen LogP contribution >= 0.6 is 23.7 Å². The molecule has 0 spiro atoms. The molecule has 3 rings (SSSR count). The van der Waals surface area contributed by atoms with E-state index in [2.05, 4.69) is 15.6 Å². The van der Waals surface area contributed by atoms with Crippen molar-refractivity contribution >= 4 is 34.8 Å². The molecule has 2 N–H and O–H groups in total. The number of fused-ring (bicyclic) bond motifs is 1. The molecule has 0 atom stereocenters. The van der Waals surface area contributed by atoms with Gasteiger partial charge in [0.15, 0.2) is 5.13 Å². The predicted octanol–water partition coefficient (Wildman–Crippen LogP) is 2.43. The fourth-order valence-electron chi connectivity index (χ4n) is 2.31. The summed E-state index contributed by atoms with van der Waals surface area (Å²) in [5, 5.41) is 7.00. The first-order valence-electron chi connectivity index (χ1n) is 6.84. The lowest BCUT2D eigenvalue weighted by atomic mass is 10.1. The van der Waals surface area contributed by atoms with Crippen molar-refractivity contribution in [2.45, 2.75) is 19.3 Å². The number of rotatable bonds is 3. The Morgan fingerprint density at radius 3 is 2.81 bits per heavy atom. The van der Waals surface area contributed by atoms with Gasteiger partial charge in [0.05, 0.1) is 12.1 Å². The zero-order valence-corrected chi connectivity index (χ0v) is 13.2. The number of hydrogen-bond donors (Lipinski definition) is 2. The van der Waals surface area contributed by atoms with Crippen molar-refractivity contribution < 1.29 is 4.79 Å². The maximum absolute atomic E-state index is 12.0. The van der Waals surface area contributed by atoms with Crippen LogP contribution in [0, 0.1) is 0 Å². The van der Waals surface area contributed by atoms with Crippen LogP contribution in [0.1, 0.15) is 16.1 Å². The second-order valence-corrected chi connectivity index (χ2v) is 5.93. The van der Waals surface area contributed by atoms with Crippen molar-refractivity contribution in [1.82, 2.24) is 10.3 Å². The maximum atomic E-state index is 12.0. The number of anilines is 1. The van der Waals surface area contributed by atoms with Gasteiger partial charge in [-0.1, -0.05) is 30.3 Å². The number of carbonyl (C=O) groups excluding carboxylic acids is 1. The molecule has 1 aliphatic heterocycles. The van der Waals surface area contributed by atoms with E-state index in [0.717, 1.165) is 42.3 Å². The first kappa shape index (κ1) is 15.9. The first-order valence-corrected chi connectivity index (χ1v) is 7.66. The molecule has 21 heavy (non-hydrogen) atoms. The van der Waals surface area contributed by atoms with Gasteiger partial charge in [-0.25, -0.2) is 4.98 Å². The summed E-state index contributed by atoms with van der Waals surface area (Å²) in [6.07, 6.45) is 2.34. The summed E-state index contributed by atoms with van der Waals surface area (Å²) in [5.41, 5.74) is 2.15. The molecule has 6 heteroatoms. The third-order valence-corrected chi connectivity index (χ3v) is 4.37. The third kappa shape index (κ3) is 4.27. The Morgan fingerprint density at radius 2 is 2.00 bits per heavy atom. The zero-order valence-electron chi connectivity index (χ0n) is 11.6. The highest BCUT2D eigenvalue weighted by atomic mass is 35.5.